The Hall–Kier alpha value is -3.94. The highest BCUT2D eigenvalue weighted by atomic mass is 16.5. The number of allylic oxidation sites excluding steroid dienone is 2. The third-order valence-electron chi connectivity index (χ3n) is 7.67. The first-order chi connectivity index (χ1) is 16.5. The summed E-state index contributed by atoms with van der Waals surface area (Å²) in [6, 6.07) is 13.5. The molecule has 2 saturated heterocycles. The Kier molecular flexibility index (Phi) is 4.42. The highest BCUT2D eigenvalue weighted by Crippen LogP contribution is 2.58. The molecule has 2 aromatic rings. The van der Waals surface area contributed by atoms with Gasteiger partial charge in [-0.3, -0.25) is 29.0 Å². The van der Waals surface area contributed by atoms with E-state index in [0.29, 0.717) is 22.9 Å². The number of methoxy groups -OCH3 is 2. The van der Waals surface area contributed by atoms with Gasteiger partial charge in [0.15, 0.2) is 0 Å². The average Bonchev–Trinajstić information content (AvgIpc) is 3.31. The molecule has 4 atom stereocenters. The van der Waals surface area contributed by atoms with Crippen molar-refractivity contribution in [3.63, 3.8) is 0 Å². The smallest absolute Gasteiger partial charge is 0.238 e. The maximum atomic E-state index is 13.5. The Morgan fingerprint density at radius 2 is 0.824 bits per heavy atom. The summed E-state index contributed by atoms with van der Waals surface area (Å²) in [7, 11) is 3.09. The van der Waals surface area contributed by atoms with Gasteiger partial charge in [0, 0.05) is 11.8 Å². The van der Waals surface area contributed by atoms with Gasteiger partial charge in [0.2, 0.25) is 23.6 Å². The molecule has 34 heavy (non-hydrogen) atoms. The number of ether oxygens (including phenoxy) is 2. The minimum Gasteiger partial charge on any atom is -0.497 e. The van der Waals surface area contributed by atoms with Gasteiger partial charge in [-0.15, -0.1) is 0 Å². The Bertz CT molecular complexity index is 1110. The fraction of sp³-hybridized carbons (Fsp3) is 0.308. The van der Waals surface area contributed by atoms with Crippen molar-refractivity contribution in [3.05, 3.63) is 60.7 Å². The van der Waals surface area contributed by atoms with E-state index in [1.165, 1.54) is 9.80 Å². The summed E-state index contributed by atoms with van der Waals surface area (Å²) in [6.07, 6.45) is 3.72. The van der Waals surface area contributed by atoms with E-state index in [1.807, 2.05) is 12.2 Å². The highest BCUT2D eigenvalue weighted by molar-refractivity contribution is 6.26. The Labute approximate surface area is 195 Å². The van der Waals surface area contributed by atoms with E-state index in [9.17, 15) is 19.2 Å². The number of carbonyl (C=O) groups excluding carboxylic acids is 4. The molecule has 0 N–H and O–H groups in total. The number of hydrogen-bond donors (Lipinski definition) is 0. The average molecular weight is 458 g/mol. The fourth-order valence-electron chi connectivity index (χ4n) is 6.20. The van der Waals surface area contributed by atoms with Gasteiger partial charge in [-0.1, -0.05) is 12.2 Å². The number of nitrogens with zero attached hydrogens (tertiary/aromatic N) is 2. The minimum absolute atomic E-state index is 0.318. The van der Waals surface area contributed by atoms with Crippen molar-refractivity contribution in [2.45, 2.75) is 0 Å². The lowest BCUT2D eigenvalue weighted by Crippen LogP contribution is -2.50. The molecule has 0 unspecified atom stereocenters. The molecule has 7 rings (SSSR count). The number of rotatable bonds is 4. The zero-order valence-corrected chi connectivity index (χ0v) is 18.6. The molecule has 172 valence electrons. The Morgan fingerprint density at radius 1 is 0.529 bits per heavy atom. The van der Waals surface area contributed by atoms with Crippen LogP contribution < -0.4 is 19.3 Å². The first kappa shape index (κ1) is 20.7. The van der Waals surface area contributed by atoms with E-state index in [1.54, 1.807) is 62.8 Å². The van der Waals surface area contributed by atoms with Crippen LogP contribution in [0.5, 0.6) is 11.5 Å². The van der Waals surface area contributed by atoms with Crippen LogP contribution >= 0.6 is 0 Å². The summed E-state index contributed by atoms with van der Waals surface area (Å²) >= 11 is 0. The number of anilines is 2. The van der Waals surface area contributed by atoms with E-state index >= 15 is 0 Å². The number of carbonyl (C=O) groups is 4. The lowest BCUT2D eigenvalue weighted by atomic mass is 9.54. The lowest BCUT2D eigenvalue weighted by molar-refractivity contribution is -0.137. The zero-order valence-electron chi connectivity index (χ0n) is 18.6. The van der Waals surface area contributed by atoms with Crippen LogP contribution in [0.2, 0.25) is 0 Å². The van der Waals surface area contributed by atoms with Crippen LogP contribution in [0, 0.1) is 35.5 Å². The zero-order chi connectivity index (χ0) is 23.7. The molecule has 3 fully saturated rings. The van der Waals surface area contributed by atoms with Gasteiger partial charge in [-0.2, -0.15) is 0 Å². The van der Waals surface area contributed by atoms with E-state index in [0.717, 1.165) is 0 Å². The molecule has 2 aliphatic heterocycles. The van der Waals surface area contributed by atoms with Gasteiger partial charge in [0.25, 0.3) is 0 Å². The van der Waals surface area contributed by atoms with Crippen LogP contribution in [-0.4, -0.2) is 37.8 Å². The van der Waals surface area contributed by atoms with Crippen molar-refractivity contribution in [1.29, 1.82) is 0 Å². The number of hydrogen-bond acceptors (Lipinski definition) is 6. The summed E-state index contributed by atoms with van der Waals surface area (Å²) in [5.74, 6) is -3.66. The first-order valence-corrected chi connectivity index (χ1v) is 11.2. The SMILES string of the molecule is COc1ccc(N2C(=O)[C@@H]3C4C=CC([C@H]3C2=O)[C@H]2C(=O)N(c3ccc(OC)cc3)C(=O)[C@H]42)cc1. The van der Waals surface area contributed by atoms with Gasteiger partial charge in [-0.05, 0) is 48.5 Å². The summed E-state index contributed by atoms with van der Waals surface area (Å²) in [5, 5.41) is 0. The second kappa shape index (κ2) is 7.28. The molecule has 2 aromatic carbocycles. The van der Waals surface area contributed by atoms with Gasteiger partial charge >= 0.3 is 0 Å². The number of amides is 4. The third kappa shape index (κ3) is 2.59. The fourth-order valence-corrected chi connectivity index (χ4v) is 6.20. The van der Waals surface area contributed by atoms with Crippen molar-refractivity contribution in [2.75, 3.05) is 24.0 Å². The van der Waals surface area contributed by atoms with Crippen LogP contribution in [0.4, 0.5) is 11.4 Å². The van der Waals surface area contributed by atoms with Gasteiger partial charge in [0.1, 0.15) is 11.5 Å². The van der Waals surface area contributed by atoms with E-state index < -0.39 is 35.5 Å². The molecule has 3 aliphatic carbocycles. The molecule has 5 aliphatic rings. The molecule has 8 nitrogen and oxygen atoms in total. The van der Waals surface area contributed by atoms with Crippen molar-refractivity contribution in [3.8, 4) is 11.5 Å². The van der Waals surface area contributed by atoms with Crippen molar-refractivity contribution in [1.82, 2.24) is 0 Å². The molecule has 2 heterocycles. The molecular formula is C26H22N2O6. The van der Waals surface area contributed by atoms with Crippen LogP contribution in [0.3, 0.4) is 0 Å². The molecular weight excluding hydrogens is 436 g/mol. The Morgan fingerprint density at radius 3 is 1.09 bits per heavy atom. The van der Waals surface area contributed by atoms with E-state index in [2.05, 4.69) is 0 Å². The highest BCUT2D eigenvalue weighted by Gasteiger charge is 2.68. The van der Waals surface area contributed by atoms with Crippen LogP contribution in [-0.2, 0) is 19.2 Å². The second-order valence-corrected chi connectivity index (χ2v) is 9.06. The maximum Gasteiger partial charge on any atom is 0.238 e. The lowest BCUT2D eigenvalue weighted by Gasteiger charge is -2.44. The summed E-state index contributed by atoms with van der Waals surface area (Å²) in [6.45, 7) is 0. The summed E-state index contributed by atoms with van der Waals surface area (Å²) < 4.78 is 10.3. The summed E-state index contributed by atoms with van der Waals surface area (Å²) in [5.41, 5.74) is 0.930. The standard InChI is InChI=1S/C26H22N2O6/c1-33-15-7-3-13(4-8-15)27-23(29)19-17-11-12-18(20(19)24(27)30)22-21(17)25(31)28(26(22)32)14-5-9-16(34-2)10-6-14/h3-12,17-22H,1-2H3/t17?,18?,19-,20-,21-,22-/m1/s1. The monoisotopic (exact) mass is 458 g/mol. The van der Waals surface area contributed by atoms with E-state index in [4.69, 9.17) is 9.47 Å². The molecule has 0 radical (unpaired) electrons. The molecule has 4 amide bonds. The van der Waals surface area contributed by atoms with Gasteiger partial charge < -0.3 is 9.47 Å². The second-order valence-electron chi connectivity index (χ2n) is 9.06. The van der Waals surface area contributed by atoms with Gasteiger partial charge in [0.05, 0.1) is 49.3 Å². The number of imide groups is 2. The predicted octanol–water partition coefficient (Wildman–Crippen LogP) is 2.43. The molecule has 0 aromatic heterocycles. The normalized spacial score (nSPS) is 31.2. The van der Waals surface area contributed by atoms with Crippen molar-refractivity contribution >= 4 is 35.0 Å². The minimum atomic E-state index is -0.654. The van der Waals surface area contributed by atoms with Crippen LogP contribution in [0.25, 0.3) is 0 Å². The molecule has 1 saturated carbocycles. The Balaban J connectivity index is 1.35. The summed E-state index contributed by atoms with van der Waals surface area (Å²) in [4.78, 5) is 56.5. The maximum absolute atomic E-state index is 13.5. The molecule has 0 spiro atoms. The van der Waals surface area contributed by atoms with Gasteiger partial charge in [-0.25, -0.2) is 0 Å². The van der Waals surface area contributed by atoms with Crippen LogP contribution in [0.15, 0.2) is 60.7 Å². The topological polar surface area (TPSA) is 93.2 Å². The van der Waals surface area contributed by atoms with Crippen molar-refractivity contribution < 1.29 is 28.7 Å². The van der Waals surface area contributed by atoms with E-state index in [-0.39, 0.29) is 23.6 Å². The molecule has 8 heteroatoms. The first-order valence-electron chi connectivity index (χ1n) is 11.2. The quantitative estimate of drug-likeness (QED) is 0.516. The largest absolute Gasteiger partial charge is 0.497 e. The predicted molar refractivity (Wildman–Crippen MR) is 121 cm³/mol. The van der Waals surface area contributed by atoms with Crippen molar-refractivity contribution in [2.24, 2.45) is 35.5 Å². The number of benzene rings is 2. The van der Waals surface area contributed by atoms with Crippen LogP contribution in [0.1, 0.15) is 0 Å². The molecule has 2 bridgehead atoms. The third-order valence-corrected chi connectivity index (χ3v) is 7.67.